The smallest absolute Gasteiger partial charge is 0.427 e. The zero-order valence-corrected chi connectivity index (χ0v) is 8.63. The van der Waals surface area contributed by atoms with Crippen molar-refractivity contribution in [3.63, 3.8) is 0 Å². The molecule has 9 heteroatoms. The molecule has 0 aliphatic carbocycles. The number of non-ortho nitro benzene ring substituents is 1. The van der Waals surface area contributed by atoms with E-state index in [-0.39, 0.29) is 0 Å². The van der Waals surface area contributed by atoms with Gasteiger partial charge in [0.2, 0.25) is 0 Å². The maximum absolute atomic E-state index is 12.5. The van der Waals surface area contributed by atoms with Gasteiger partial charge in [-0.2, -0.15) is 17.6 Å². The van der Waals surface area contributed by atoms with E-state index >= 15 is 0 Å². The number of alkyl halides is 4. The first-order valence-corrected chi connectivity index (χ1v) is 4.41. The fraction of sp³-hybridized carbons (Fsp3) is 0.250. The summed E-state index contributed by atoms with van der Waals surface area (Å²) in [5.41, 5.74) is -0.470. The van der Waals surface area contributed by atoms with Crippen molar-refractivity contribution in [1.29, 1.82) is 0 Å². The number of benzene rings is 1. The van der Waals surface area contributed by atoms with E-state index in [9.17, 15) is 27.7 Å². The van der Waals surface area contributed by atoms with Gasteiger partial charge in [-0.15, -0.1) is 0 Å². The molecule has 4 nitrogen and oxygen atoms in total. The molecule has 1 aromatic rings. The summed E-state index contributed by atoms with van der Waals surface area (Å²) in [6.07, 6.45) is -8.74. The number of hydrogen-bond donors (Lipinski definition) is 0. The van der Waals surface area contributed by atoms with Crippen LogP contribution in [0.2, 0.25) is 5.02 Å². The number of rotatable bonds is 4. The quantitative estimate of drug-likeness (QED) is 0.479. The first kappa shape index (κ1) is 13.5. The second kappa shape index (κ2) is 4.74. The van der Waals surface area contributed by atoms with Crippen LogP contribution in [0.1, 0.15) is 0 Å². The van der Waals surface area contributed by atoms with E-state index in [0.29, 0.717) is 0 Å². The molecule has 0 N–H and O–H groups in total. The van der Waals surface area contributed by atoms with E-state index in [2.05, 4.69) is 4.74 Å². The molecule has 1 aromatic carbocycles. The average molecular weight is 274 g/mol. The van der Waals surface area contributed by atoms with Gasteiger partial charge in [0, 0.05) is 12.1 Å². The molecule has 0 radical (unpaired) electrons. The van der Waals surface area contributed by atoms with Crippen molar-refractivity contribution in [2.45, 2.75) is 12.5 Å². The molecule has 0 spiro atoms. The van der Waals surface area contributed by atoms with Gasteiger partial charge < -0.3 is 4.74 Å². The van der Waals surface area contributed by atoms with Gasteiger partial charge in [0.25, 0.3) is 5.69 Å². The van der Waals surface area contributed by atoms with Crippen LogP contribution in [0.25, 0.3) is 0 Å². The molecule has 0 fully saturated rings. The van der Waals surface area contributed by atoms with Crippen molar-refractivity contribution in [3.05, 3.63) is 33.3 Å². The van der Waals surface area contributed by atoms with Gasteiger partial charge in [-0.25, -0.2) is 0 Å². The Hall–Kier alpha value is -1.57. The monoisotopic (exact) mass is 273 g/mol. The van der Waals surface area contributed by atoms with E-state index in [1.54, 1.807) is 0 Å². The topological polar surface area (TPSA) is 52.4 Å². The third kappa shape index (κ3) is 3.19. The first-order valence-electron chi connectivity index (χ1n) is 4.03. The molecule has 0 saturated carbocycles. The van der Waals surface area contributed by atoms with E-state index < -0.39 is 33.9 Å². The van der Waals surface area contributed by atoms with Gasteiger partial charge in [-0.1, -0.05) is 11.6 Å². The number of nitrogens with zero attached hydrogens (tertiary/aromatic N) is 1. The third-order valence-corrected chi connectivity index (χ3v) is 1.92. The molecule has 0 bridgehead atoms. The van der Waals surface area contributed by atoms with Crippen molar-refractivity contribution in [3.8, 4) is 5.75 Å². The second-order valence-corrected chi connectivity index (χ2v) is 3.24. The molecule has 17 heavy (non-hydrogen) atoms. The highest BCUT2D eigenvalue weighted by atomic mass is 35.5. The minimum Gasteiger partial charge on any atom is -0.427 e. The van der Waals surface area contributed by atoms with Crippen LogP contribution in [0.5, 0.6) is 5.75 Å². The van der Waals surface area contributed by atoms with E-state index in [4.69, 9.17) is 11.6 Å². The molecular formula is C8H4ClF4NO3. The Morgan fingerprint density at radius 3 is 2.41 bits per heavy atom. The number of nitro benzene ring substituents is 1. The summed E-state index contributed by atoms with van der Waals surface area (Å²) >= 11 is 5.38. The third-order valence-electron chi connectivity index (χ3n) is 1.63. The Labute approximate surface area is 96.9 Å². The number of hydrogen-bond acceptors (Lipinski definition) is 3. The molecule has 0 amide bonds. The predicted octanol–water partition coefficient (Wildman–Crippen LogP) is 3.48. The molecule has 94 valence electrons. The summed E-state index contributed by atoms with van der Waals surface area (Å²) in [5.74, 6) is -0.762. The van der Waals surface area contributed by atoms with Gasteiger partial charge in [-0.05, 0) is 6.07 Å². The molecule has 0 aliphatic rings. The Balaban J connectivity index is 2.98. The van der Waals surface area contributed by atoms with Gasteiger partial charge in [0.1, 0.15) is 5.75 Å². The standard InChI is InChI=1S/C8H4ClF4NO3/c9-5-3-4(14(15)16)1-2-6(5)17-8(12,13)7(10)11/h1-3,7H. The number of ether oxygens (including phenoxy) is 1. The van der Waals surface area contributed by atoms with E-state index in [1.807, 2.05) is 0 Å². The van der Waals surface area contributed by atoms with Crippen LogP contribution in [0.4, 0.5) is 23.2 Å². The zero-order valence-electron chi connectivity index (χ0n) is 7.87. The minimum absolute atomic E-state index is 0.470. The maximum Gasteiger partial charge on any atom is 0.461 e. The molecule has 0 saturated heterocycles. The molecule has 0 heterocycles. The highest BCUT2D eigenvalue weighted by Crippen LogP contribution is 2.34. The molecule has 0 unspecified atom stereocenters. The Bertz CT molecular complexity index is 441. The van der Waals surface area contributed by atoms with E-state index in [0.717, 1.165) is 18.2 Å². The van der Waals surface area contributed by atoms with Crippen LogP contribution in [0.3, 0.4) is 0 Å². The maximum atomic E-state index is 12.5. The Kier molecular flexibility index (Phi) is 3.76. The molecule has 1 rings (SSSR count). The second-order valence-electron chi connectivity index (χ2n) is 2.84. The lowest BCUT2D eigenvalue weighted by Gasteiger charge is -2.17. The molecule has 0 atom stereocenters. The number of halogens is 5. The van der Waals surface area contributed by atoms with Crippen LogP contribution in [0.15, 0.2) is 18.2 Å². The highest BCUT2D eigenvalue weighted by molar-refractivity contribution is 6.32. The number of nitro groups is 1. The zero-order chi connectivity index (χ0) is 13.2. The van der Waals surface area contributed by atoms with Gasteiger partial charge in [-0.3, -0.25) is 10.1 Å². The van der Waals surface area contributed by atoms with Crippen LogP contribution < -0.4 is 4.74 Å². The molecular weight excluding hydrogens is 270 g/mol. The fourth-order valence-corrected chi connectivity index (χ4v) is 1.09. The summed E-state index contributed by atoms with van der Waals surface area (Å²) in [5, 5.41) is 9.74. The highest BCUT2D eigenvalue weighted by Gasteiger charge is 2.44. The van der Waals surface area contributed by atoms with Crippen molar-refractivity contribution < 1.29 is 27.2 Å². The average Bonchev–Trinajstić information content (AvgIpc) is 2.20. The molecule has 0 aliphatic heterocycles. The van der Waals surface area contributed by atoms with Crippen molar-refractivity contribution in [2.75, 3.05) is 0 Å². The lowest BCUT2D eigenvalue weighted by molar-refractivity contribution is -0.384. The largest absolute Gasteiger partial charge is 0.461 e. The Morgan fingerprint density at radius 2 is 2.00 bits per heavy atom. The first-order chi connectivity index (χ1) is 7.74. The van der Waals surface area contributed by atoms with Crippen LogP contribution in [-0.4, -0.2) is 17.5 Å². The van der Waals surface area contributed by atoms with Gasteiger partial charge >= 0.3 is 12.5 Å². The van der Waals surface area contributed by atoms with Crippen LogP contribution >= 0.6 is 11.6 Å². The van der Waals surface area contributed by atoms with E-state index in [1.165, 1.54) is 0 Å². The lowest BCUT2D eigenvalue weighted by Crippen LogP contribution is -2.33. The van der Waals surface area contributed by atoms with Crippen molar-refractivity contribution in [2.24, 2.45) is 0 Å². The summed E-state index contributed by atoms with van der Waals surface area (Å²) in [6, 6.07) is 2.25. The molecule has 0 aromatic heterocycles. The minimum atomic E-state index is -4.71. The van der Waals surface area contributed by atoms with Gasteiger partial charge in [0.05, 0.1) is 9.95 Å². The SMILES string of the molecule is O=[N+]([O-])c1ccc(OC(F)(F)C(F)F)c(Cl)c1. The van der Waals surface area contributed by atoms with Gasteiger partial charge in [0.15, 0.2) is 0 Å². The normalized spacial score (nSPS) is 11.6. The summed E-state index contributed by atoms with van der Waals surface area (Å²) < 4.78 is 52.3. The summed E-state index contributed by atoms with van der Waals surface area (Å²) in [6.45, 7) is 0. The summed E-state index contributed by atoms with van der Waals surface area (Å²) in [4.78, 5) is 9.48. The van der Waals surface area contributed by atoms with Crippen molar-refractivity contribution in [1.82, 2.24) is 0 Å². The van der Waals surface area contributed by atoms with Crippen LogP contribution in [0, 0.1) is 10.1 Å². The Morgan fingerprint density at radius 1 is 1.41 bits per heavy atom. The van der Waals surface area contributed by atoms with Crippen LogP contribution in [-0.2, 0) is 0 Å². The van der Waals surface area contributed by atoms with Crippen molar-refractivity contribution >= 4 is 17.3 Å². The fourth-order valence-electron chi connectivity index (χ4n) is 0.877. The summed E-state index contributed by atoms with van der Waals surface area (Å²) in [7, 11) is 0. The predicted molar refractivity (Wildman–Crippen MR) is 49.7 cm³/mol. The lowest BCUT2D eigenvalue weighted by atomic mass is 10.3.